The van der Waals surface area contributed by atoms with Crippen LogP contribution in [0.15, 0.2) is 12.5 Å². The first-order valence-electron chi connectivity index (χ1n) is 5.04. The lowest BCUT2D eigenvalue weighted by atomic mass is 10.4. The summed E-state index contributed by atoms with van der Waals surface area (Å²) in [6.45, 7) is 2.97. The number of aromatic carboxylic acids is 1. The van der Waals surface area contributed by atoms with Crippen LogP contribution in [-0.2, 0) is 13.1 Å². The second-order valence-electron chi connectivity index (χ2n) is 3.43. The van der Waals surface area contributed by atoms with Gasteiger partial charge in [-0.05, 0) is 6.92 Å². The fourth-order valence-corrected chi connectivity index (χ4v) is 1.50. The Balaban J connectivity index is 2.25. The zero-order chi connectivity index (χ0) is 12.4. The fourth-order valence-electron chi connectivity index (χ4n) is 1.50. The molecule has 0 aliphatic carbocycles. The number of aromatic nitrogens is 5. The molecular weight excluding hydrogens is 224 g/mol. The predicted molar refractivity (Wildman–Crippen MR) is 58.4 cm³/mol. The van der Waals surface area contributed by atoms with E-state index < -0.39 is 5.97 Å². The number of carboxylic acid groups (broad SMARTS) is 1. The van der Waals surface area contributed by atoms with Crippen LogP contribution in [-0.4, -0.2) is 35.6 Å². The average molecular weight is 236 g/mol. The van der Waals surface area contributed by atoms with Gasteiger partial charge in [0.1, 0.15) is 18.7 Å². The number of nitrogen functional groups attached to an aromatic ring is 1. The first-order chi connectivity index (χ1) is 8.11. The third kappa shape index (κ3) is 2.10. The van der Waals surface area contributed by atoms with Crippen LogP contribution >= 0.6 is 0 Å². The van der Waals surface area contributed by atoms with E-state index in [-0.39, 0.29) is 11.4 Å². The molecule has 0 radical (unpaired) electrons. The molecule has 8 nitrogen and oxygen atoms in total. The van der Waals surface area contributed by atoms with Crippen molar-refractivity contribution in [1.82, 2.24) is 24.5 Å². The second-order valence-corrected chi connectivity index (χ2v) is 3.43. The minimum Gasteiger partial charge on any atom is -0.476 e. The highest BCUT2D eigenvalue weighted by Crippen LogP contribution is 2.09. The molecule has 0 aliphatic heterocycles. The van der Waals surface area contributed by atoms with Crippen LogP contribution < -0.4 is 5.73 Å². The summed E-state index contributed by atoms with van der Waals surface area (Å²) in [5.41, 5.74) is 5.53. The summed E-state index contributed by atoms with van der Waals surface area (Å²) in [4.78, 5) is 14.8. The lowest BCUT2D eigenvalue weighted by molar-refractivity contribution is 0.0690. The molecule has 17 heavy (non-hydrogen) atoms. The van der Waals surface area contributed by atoms with E-state index >= 15 is 0 Å². The molecule has 2 aromatic rings. The molecule has 0 unspecified atom stereocenters. The highest BCUT2D eigenvalue weighted by Gasteiger charge is 2.14. The van der Waals surface area contributed by atoms with Crippen molar-refractivity contribution in [3.8, 4) is 0 Å². The number of nitrogens with two attached hydrogens (primary N) is 1. The number of anilines is 1. The maximum atomic E-state index is 10.8. The normalized spacial score (nSPS) is 10.6. The van der Waals surface area contributed by atoms with Crippen molar-refractivity contribution >= 4 is 11.7 Å². The van der Waals surface area contributed by atoms with Gasteiger partial charge >= 0.3 is 5.97 Å². The van der Waals surface area contributed by atoms with Gasteiger partial charge in [-0.15, -0.1) is 0 Å². The Kier molecular flexibility index (Phi) is 2.77. The van der Waals surface area contributed by atoms with Crippen LogP contribution in [0.2, 0.25) is 0 Å². The number of nitrogens with zero attached hydrogens (tertiary/aromatic N) is 5. The van der Waals surface area contributed by atoms with Gasteiger partial charge in [-0.3, -0.25) is 4.68 Å². The summed E-state index contributed by atoms with van der Waals surface area (Å²) < 4.78 is 3.15. The first kappa shape index (κ1) is 11.1. The fraction of sp³-hybridized carbons (Fsp3) is 0.333. The largest absolute Gasteiger partial charge is 0.476 e. The van der Waals surface area contributed by atoms with Crippen LogP contribution in [0.5, 0.6) is 0 Å². The summed E-state index contributed by atoms with van der Waals surface area (Å²) in [5, 5.41) is 16.7. The number of carbonyl (C=O) groups is 1. The van der Waals surface area contributed by atoms with Gasteiger partial charge in [-0.1, -0.05) is 0 Å². The summed E-state index contributed by atoms with van der Waals surface area (Å²) in [5.74, 6) is -0.440. The molecule has 0 amide bonds. The molecule has 2 rings (SSSR count). The van der Waals surface area contributed by atoms with E-state index in [4.69, 9.17) is 10.8 Å². The lowest BCUT2D eigenvalue weighted by Crippen LogP contribution is -2.10. The third-order valence-corrected chi connectivity index (χ3v) is 2.29. The summed E-state index contributed by atoms with van der Waals surface area (Å²) in [6, 6.07) is 0. The molecule has 2 aromatic heterocycles. The Morgan fingerprint density at radius 2 is 2.35 bits per heavy atom. The van der Waals surface area contributed by atoms with Crippen molar-refractivity contribution in [3.05, 3.63) is 24.0 Å². The number of hydrogen-bond acceptors (Lipinski definition) is 5. The molecule has 2 heterocycles. The molecule has 0 bridgehead atoms. The van der Waals surface area contributed by atoms with E-state index in [9.17, 15) is 4.79 Å². The average Bonchev–Trinajstić information content (AvgIpc) is 2.85. The van der Waals surface area contributed by atoms with Gasteiger partial charge in [0.05, 0.1) is 5.69 Å². The summed E-state index contributed by atoms with van der Waals surface area (Å²) in [6.07, 6.45) is 2.92. The number of rotatable bonds is 4. The minimum absolute atomic E-state index is 0.139. The number of hydrogen-bond donors (Lipinski definition) is 2. The van der Waals surface area contributed by atoms with Gasteiger partial charge in [0.25, 0.3) is 0 Å². The first-order valence-corrected chi connectivity index (χ1v) is 5.04. The molecular formula is C9H12N6O2. The van der Waals surface area contributed by atoms with E-state index in [1.54, 1.807) is 4.68 Å². The predicted octanol–water partition coefficient (Wildman–Crippen LogP) is -0.177. The number of carboxylic acids is 1. The van der Waals surface area contributed by atoms with Gasteiger partial charge < -0.3 is 10.8 Å². The molecule has 0 atom stereocenters. The van der Waals surface area contributed by atoms with Gasteiger partial charge in [0.15, 0.2) is 5.69 Å². The van der Waals surface area contributed by atoms with E-state index in [2.05, 4.69) is 15.2 Å². The van der Waals surface area contributed by atoms with Gasteiger partial charge in [-0.25, -0.2) is 14.5 Å². The van der Waals surface area contributed by atoms with Crippen molar-refractivity contribution in [2.45, 2.75) is 20.0 Å². The van der Waals surface area contributed by atoms with E-state index in [1.165, 1.54) is 17.2 Å². The van der Waals surface area contributed by atoms with Crippen molar-refractivity contribution in [1.29, 1.82) is 0 Å². The maximum absolute atomic E-state index is 10.8. The molecule has 0 aromatic carbocycles. The zero-order valence-electron chi connectivity index (χ0n) is 9.24. The van der Waals surface area contributed by atoms with Crippen LogP contribution in [0.1, 0.15) is 23.2 Å². The Bertz CT molecular complexity index is 543. The maximum Gasteiger partial charge on any atom is 0.358 e. The lowest BCUT2D eigenvalue weighted by Gasteiger charge is -2.02. The Morgan fingerprint density at radius 3 is 2.94 bits per heavy atom. The molecule has 0 saturated carbocycles. The zero-order valence-corrected chi connectivity index (χ0v) is 9.24. The van der Waals surface area contributed by atoms with Crippen LogP contribution in [0.25, 0.3) is 0 Å². The smallest absolute Gasteiger partial charge is 0.358 e. The van der Waals surface area contributed by atoms with Crippen molar-refractivity contribution < 1.29 is 9.90 Å². The van der Waals surface area contributed by atoms with E-state index in [0.29, 0.717) is 18.9 Å². The highest BCUT2D eigenvalue weighted by molar-refractivity contribution is 5.91. The van der Waals surface area contributed by atoms with Gasteiger partial charge in [0.2, 0.25) is 0 Å². The van der Waals surface area contributed by atoms with Gasteiger partial charge in [-0.2, -0.15) is 10.2 Å². The van der Waals surface area contributed by atoms with E-state index in [1.807, 2.05) is 6.92 Å². The molecule has 90 valence electrons. The SMILES string of the molecule is CCn1ncnc1Cn1cc(N)c(C(=O)O)n1. The second kappa shape index (κ2) is 4.24. The van der Waals surface area contributed by atoms with Crippen LogP contribution in [0.4, 0.5) is 5.69 Å². The Labute approximate surface area is 96.7 Å². The van der Waals surface area contributed by atoms with Crippen molar-refractivity contribution in [2.75, 3.05) is 5.73 Å². The van der Waals surface area contributed by atoms with E-state index in [0.717, 1.165) is 0 Å². The Hall–Kier alpha value is -2.38. The standard InChI is InChI=1S/C9H12N6O2/c1-2-15-7(11-5-12-15)4-14-3-6(10)8(13-14)9(16)17/h3,5H,2,4,10H2,1H3,(H,16,17). The van der Waals surface area contributed by atoms with Crippen LogP contribution in [0.3, 0.4) is 0 Å². The quantitative estimate of drug-likeness (QED) is 0.761. The molecule has 3 N–H and O–H groups in total. The Morgan fingerprint density at radius 1 is 1.59 bits per heavy atom. The number of aryl methyl sites for hydroxylation is 1. The molecule has 0 spiro atoms. The summed E-state index contributed by atoms with van der Waals surface area (Å²) >= 11 is 0. The van der Waals surface area contributed by atoms with Crippen molar-refractivity contribution in [3.63, 3.8) is 0 Å². The molecule has 0 fully saturated rings. The highest BCUT2D eigenvalue weighted by atomic mass is 16.4. The van der Waals surface area contributed by atoms with Crippen molar-refractivity contribution in [2.24, 2.45) is 0 Å². The third-order valence-electron chi connectivity index (χ3n) is 2.29. The molecule has 0 aliphatic rings. The minimum atomic E-state index is -1.14. The summed E-state index contributed by atoms with van der Waals surface area (Å²) in [7, 11) is 0. The topological polar surface area (TPSA) is 112 Å². The monoisotopic (exact) mass is 236 g/mol. The molecule has 0 saturated heterocycles. The van der Waals surface area contributed by atoms with Gasteiger partial charge in [0, 0.05) is 12.7 Å². The van der Waals surface area contributed by atoms with Crippen LogP contribution in [0, 0.1) is 0 Å². The molecule has 8 heteroatoms.